The van der Waals surface area contributed by atoms with E-state index >= 15 is 0 Å². The number of nitrogens with one attached hydrogen (secondary N) is 1. The van der Waals surface area contributed by atoms with E-state index in [9.17, 15) is 23.3 Å². The molecule has 28 heavy (non-hydrogen) atoms. The van der Waals surface area contributed by atoms with Crippen molar-refractivity contribution in [1.29, 1.82) is 0 Å². The molecule has 0 aliphatic rings. The first-order valence-corrected chi connectivity index (χ1v) is 9.32. The number of nitrogens with zero attached hydrogens (tertiary/aromatic N) is 4. The molecule has 1 heterocycles. The molecule has 0 saturated carbocycles. The summed E-state index contributed by atoms with van der Waals surface area (Å²) < 4.78 is 23.7. The molecule has 0 aliphatic heterocycles. The molecule has 0 radical (unpaired) electrons. The van der Waals surface area contributed by atoms with E-state index in [0.717, 1.165) is 0 Å². The highest BCUT2D eigenvalue weighted by atomic mass is 32.2. The Hall–Kier alpha value is -3.64. The molecular weight excluding hydrogens is 388 g/mol. The van der Waals surface area contributed by atoms with E-state index in [0.29, 0.717) is 17.1 Å². The molecule has 3 aromatic rings. The molecular formula is C16H14N6O5S. The molecule has 12 heteroatoms. The minimum atomic E-state index is -3.81. The second-order valence-corrected chi connectivity index (χ2v) is 7.30. The Bertz CT molecular complexity index is 1220. The molecule has 0 fully saturated rings. The van der Waals surface area contributed by atoms with Crippen LogP contribution in [0.3, 0.4) is 0 Å². The van der Waals surface area contributed by atoms with E-state index in [1.807, 2.05) is 0 Å². The fourth-order valence-corrected chi connectivity index (χ4v) is 2.89. The maximum atomic E-state index is 12.6. The number of H-pyrrole nitrogens is 1. The van der Waals surface area contributed by atoms with Gasteiger partial charge in [0.1, 0.15) is 0 Å². The molecule has 3 N–H and O–H groups in total. The van der Waals surface area contributed by atoms with Crippen molar-refractivity contribution in [2.45, 2.75) is 11.8 Å². The summed E-state index contributed by atoms with van der Waals surface area (Å²) in [6, 6.07) is 10.8. The Balaban J connectivity index is 1.91. The molecule has 144 valence electrons. The first-order chi connectivity index (χ1) is 13.2. The normalized spacial score (nSPS) is 11.8. The number of hydrogen-bond donors (Lipinski definition) is 2. The largest absolute Gasteiger partial charge is 0.299 e. The van der Waals surface area contributed by atoms with Gasteiger partial charge >= 0.3 is 0 Å². The lowest BCUT2D eigenvalue weighted by molar-refractivity contribution is -0.384. The summed E-state index contributed by atoms with van der Waals surface area (Å²) in [6.45, 7) is 1.63. The van der Waals surface area contributed by atoms with Gasteiger partial charge in [-0.25, -0.2) is 18.2 Å². The molecule has 0 unspecified atom stereocenters. The number of non-ortho nitro benzene ring substituents is 1. The lowest BCUT2D eigenvalue weighted by Gasteiger charge is -2.00. The molecule has 0 spiro atoms. The number of sulfonamides is 1. The van der Waals surface area contributed by atoms with Gasteiger partial charge < -0.3 is 0 Å². The van der Waals surface area contributed by atoms with Crippen LogP contribution in [-0.2, 0) is 10.0 Å². The second kappa shape index (κ2) is 7.17. The fraction of sp³-hybridized carbons (Fsp3) is 0.0625. The minimum Gasteiger partial charge on any atom is -0.293 e. The van der Waals surface area contributed by atoms with Crippen LogP contribution in [0.2, 0.25) is 0 Å². The highest BCUT2D eigenvalue weighted by Crippen LogP contribution is 2.21. The monoisotopic (exact) mass is 402 g/mol. The van der Waals surface area contributed by atoms with Crippen molar-refractivity contribution in [3.8, 4) is 5.69 Å². The van der Waals surface area contributed by atoms with Crippen LogP contribution in [0.4, 0.5) is 17.1 Å². The molecule has 1 aromatic heterocycles. The van der Waals surface area contributed by atoms with Crippen LogP contribution < -0.4 is 10.7 Å². The number of azo groups is 1. The van der Waals surface area contributed by atoms with E-state index in [1.165, 1.54) is 53.2 Å². The topological polar surface area (TPSA) is 166 Å². The zero-order valence-electron chi connectivity index (χ0n) is 14.4. The predicted molar refractivity (Wildman–Crippen MR) is 99.8 cm³/mol. The lowest BCUT2D eigenvalue weighted by Crippen LogP contribution is -2.13. The second-order valence-electron chi connectivity index (χ2n) is 5.74. The zero-order chi connectivity index (χ0) is 20.5. The molecule has 2 aromatic carbocycles. The van der Waals surface area contributed by atoms with Crippen molar-refractivity contribution in [1.82, 2.24) is 9.78 Å². The number of rotatable bonds is 5. The van der Waals surface area contributed by atoms with Crippen LogP contribution >= 0.6 is 0 Å². The summed E-state index contributed by atoms with van der Waals surface area (Å²) in [5, 5.41) is 26.5. The third-order valence-corrected chi connectivity index (χ3v) is 4.72. The van der Waals surface area contributed by atoms with E-state index in [1.54, 1.807) is 6.92 Å². The van der Waals surface area contributed by atoms with Crippen molar-refractivity contribution in [2.75, 3.05) is 0 Å². The summed E-state index contributed by atoms with van der Waals surface area (Å²) in [5.41, 5.74) is 0.633. The van der Waals surface area contributed by atoms with Gasteiger partial charge in [-0.3, -0.25) is 20.0 Å². The van der Waals surface area contributed by atoms with Crippen molar-refractivity contribution < 1.29 is 13.3 Å². The van der Waals surface area contributed by atoms with Crippen molar-refractivity contribution in [3.63, 3.8) is 0 Å². The summed E-state index contributed by atoms with van der Waals surface area (Å²) in [5.74, 6) is 0. The standard InChI is InChI=1S/C16H14N6O5S/c1-10-15(19-18-11-2-8-14(9-3-11)28(17,26)27)16(23)21(20-10)12-4-6-13(7-5-12)22(24)25/h2-9,20H,1H3,(H2,17,26,27). The number of nitro groups is 1. The number of hydrogen-bond acceptors (Lipinski definition) is 7. The quantitative estimate of drug-likeness (QED) is 0.379. The van der Waals surface area contributed by atoms with Gasteiger partial charge in [0.2, 0.25) is 10.0 Å². The van der Waals surface area contributed by atoms with Crippen LogP contribution in [0.1, 0.15) is 5.69 Å². The molecule has 11 nitrogen and oxygen atoms in total. The summed E-state index contributed by atoms with van der Waals surface area (Å²) >= 11 is 0. The fourth-order valence-electron chi connectivity index (χ4n) is 2.37. The number of aryl methyl sites for hydroxylation is 1. The highest BCUT2D eigenvalue weighted by molar-refractivity contribution is 7.89. The molecule has 0 atom stereocenters. The SMILES string of the molecule is Cc1[nH]n(-c2ccc([N+](=O)[O-])cc2)c(=O)c1N=Nc1ccc(S(N)(=O)=O)cc1. The average Bonchev–Trinajstić information content (AvgIpc) is 2.93. The highest BCUT2D eigenvalue weighted by Gasteiger charge is 2.13. The Labute approximate surface area is 158 Å². The summed E-state index contributed by atoms with van der Waals surface area (Å²) in [4.78, 5) is 22.7. The van der Waals surface area contributed by atoms with Crippen molar-refractivity contribution in [3.05, 3.63) is 74.7 Å². The van der Waals surface area contributed by atoms with Crippen LogP contribution in [-0.4, -0.2) is 23.1 Å². The number of aromatic nitrogens is 2. The van der Waals surface area contributed by atoms with Crippen LogP contribution in [0.5, 0.6) is 0 Å². The molecule has 0 bridgehead atoms. The van der Waals surface area contributed by atoms with E-state index in [-0.39, 0.29) is 16.3 Å². The maximum Gasteiger partial charge on any atom is 0.299 e. The van der Waals surface area contributed by atoms with Gasteiger partial charge in [-0.1, -0.05) is 0 Å². The number of nitrogens with two attached hydrogens (primary N) is 1. The Morgan fingerprint density at radius 1 is 1.07 bits per heavy atom. The van der Waals surface area contributed by atoms with Gasteiger partial charge in [0.15, 0.2) is 5.69 Å². The number of primary sulfonamides is 1. The first-order valence-electron chi connectivity index (χ1n) is 7.78. The predicted octanol–water partition coefficient (Wildman–Crippen LogP) is 2.45. The number of nitro benzene ring substituents is 1. The first kappa shape index (κ1) is 19.1. The molecule has 0 aliphatic carbocycles. The van der Waals surface area contributed by atoms with Gasteiger partial charge in [-0.05, 0) is 43.3 Å². The molecule has 3 rings (SSSR count). The Kier molecular flexibility index (Phi) is 4.90. The maximum absolute atomic E-state index is 12.6. The third-order valence-electron chi connectivity index (χ3n) is 3.79. The smallest absolute Gasteiger partial charge is 0.293 e. The number of aromatic amines is 1. The van der Waals surface area contributed by atoms with E-state index < -0.39 is 20.5 Å². The Morgan fingerprint density at radius 2 is 1.68 bits per heavy atom. The van der Waals surface area contributed by atoms with E-state index in [2.05, 4.69) is 15.3 Å². The summed E-state index contributed by atoms with van der Waals surface area (Å²) in [6.07, 6.45) is 0. The van der Waals surface area contributed by atoms with Gasteiger partial charge in [0.25, 0.3) is 11.2 Å². The Morgan fingerprint density at radius 3 is 2.21 bits per heavy atom. The number of benzene rings is 2. The minimum absolute atomic E-state index is 0.0499. The van der Waals surface area contributed by atoms with Crippen molar-refractivity contribution in [2.24, 2.45) is 15.4 Å². The average molecular weight is 402 g/mol. The van der Waals surface area contributed by atoms with Crippen LogP contribution in [0.25, 0.3) is 5.69 Å². The zero-order valence-corrected chi connectivity index (χ0v) is 15.3. The molecule has 0 amide bonds. The van der Waals surface area contributed by atoms with Gasteiger partial charge in [0, 0.05) is 12.1 Å². The van der Waals surface area contributed by atoms with Gasteiger partial charge in [-0.15, -0.1) is 5.11 Å². The third kappa shape index (κ3) is 3.87. The van der Waals surface area contributed by atoms with Crippen LogP contribution in [0, 0.1) is 17.0 Å². The van der Waals surface area contributed by atoms with Gasteiger partial charge in [-0.2, -0.15) is 5.11 Å². The summed E-state index contributed by atoms with van der Waals surface area (Å²) in [7, 11) is -3.81. The molecule has 0 saturated heterocycles. The lowest BCUT2D eigenvalue weighted by atomic mass is 10.3. The van der Waals surface area contributed by atoms with Crippen molar-refractivity contribution >= 4 is 27.1 Å². The van der Waals surface area contributed by atoms with E-state index in [4.69, 9.17) is 5.14 Å². The van der Waals surface area contributed by atoms with Gasteiger partial charge in [0.05, 0.1) is 26.9 Å². The van der Waals surface area contributed by atoms with Crippen LogP contribution in [0.15, 0.2) is 68.4 Å².